The number of aryl methyl sites for hydroxylation is 1. The van der Waals surface area contributed by atoms with Gasteiger partial charge in [-0.05, 0) is 151 Å². The summed E-state index contributed by atoms with van der Waals surface area (Å²) in [6.45, 7) is 22.9. The highest BCUT2D eigenvalue weighted by Crippen LogP contribution is 2.50. The van der Waals surface area contributed by atoms with Gasteiger partial charge < -0.3 is 15.1 Å². The van der Waals surface area contributed by atoms with Gasteiger partial charge >= 0.3 is 0 Å². The van der Waals surface area contributed by atoms with Gasteiger partial charge in [0.1, 0.15) is 0 Å². The van der Waals surface area contributed by atoms with Crippen molar-refractivity contribution in [3.05, 3.63) is 241 Å². The number of fused-ring (bicyclic) bond motifs is 6. The fourth-order valence-corrected chi connectivity index (χ4v) is 12.6. The van der Waals surface area contributed by atoms with Crippen LogP contribution in [-0.4, -0.2) is 7.28 Å². The third-order valence-corrected chi connectivity index (χ3v) is 17.0. The summed E-state index contributed by atoms with van der Waals surface area (Å²) in [5.41, 5.74) is 24.1. The second kappa shape index (κ2) is 19.7. The third-order valence-electron chi connectivity index (χ3n) is 15.9. The van der Waals surface area contributed by atoms with Crippen LogP contribution in [0.3, 0.4) is 0 Å². The number of hydrogen-bond acceptors (Lipinski definition) is 4. The smallest absolute Gasteiger partial charge is 0.198 e. The minimum atomic E-state index is 0.00828. The van der Waals surface area contributed by atoms with Crippen molar-refractivity contribution in [2.75, 3.05) is 15.1 Å². The number of nitrogens with one attached hydrogen (secondary N) is 1. The number of anilines is 8. The zero-order chi connectivity index (χ0) is 54.1. The van der Waals surface area contributed by atoms with Crippen LogP contribution >= 0.6 is 11.3 Å². The lowest BCUT2D eigenvalue weighted by molar-refractivity contribution is 0.589. The lowest BCUT2D eigenvalue weighted by Crippen LogP contribution is -2.41. The van der Waals surface area contributed by atoms with E-state index in [2.05, 4.69) is 303 Å². The fourth-order valence-electron chi connectivity index (χ4n) is 11.5. The van der Waals surface area contributed by atoms with E-state index < -0.39 is 0 Å². The van der Waals surface area contributed by atoms with E-state index in [1.165, 1.54) is 98.2 Å². The van der Waals surface area contributed by atoms with Crippen LogP contribution in [0.15, 0.2) is 218 Å². The highest BCUT2D eigenvalue weighted by Gasteiger charge is 2.33. The minimum Gasteiger partial charge on any atom is -0.355 e. The van der Waals surface area contributed by atoms with Crippen LogP contribution in [0.2, 0.25) is 0 Å². The molecule has 0 saturated heterocycles. The average molecular weight is 1030 g/mol. The van der Waals surface area contributed by atoms with E-state index in [1.54, 1.807) is 0 Å². The van der Waals surface area contributed by atoms with Gasteiger partial charge in [-0.3, -0.25) is 0 Å². The molecule has 0 bridgehead atoms. The van der Waals surface area contributed by atoms with Gasteiger partial charge in [0, 0.05) is 65.5 Å². The van der Waals surface area contributed by atoms with Gasteiger partial charge in [-0.2, -0.15) is 0 Å². The van der Waals surface area contributed by atoms with Crippen LogP contribution in [0.1, 0.15) is 84.6 Å². The van der Waals surface area contributed by atoms with E-state index in [9.17, 15) is 0 Å². The Morgan fingerprint density at radius 3 is 1.56 bits per heavy atom. The lowest BCUT2D eigenvalue weighted by atomic mass is 9.57. The summed E-state index contributed by atoms with van der Waals surface area (Å²) >= 11 is 1.89. The molecule has 0 amide bonds. The molecule has 10 aromatic carbocycles. The molecule has 78 heavy (non-hydrogen) atoms. The maximum Gasteiger partial charge on any atom is 0.198 e. The van der Waals surface area contributed by atoms with Gasteiger partial charge in [0.15, 0.2) is 7.28 Å². The Balaban J connectivity index is 1.12. The monoisotopic (exact) mass is 1030 g/mol. The van der Waals surface area contributed by atoms with Crippen molar-refractivity contribution in [1.29, 1.82) is 0 Å². The van der Waals surface area contributed by atoms with Gasteiger partial charge in [-0.25, -0.2) is 0 Å². The highest BCUT2D eigenvalue weighted by atomic mass is 32.1. The molecule has 0 atom stereocenters. The molecule has 1 N–H and O–H groups in total. The maximum absolute atomic E-state index is 4.07. The molecule has 5 heteroatoms. The zero-order valence-electron chi connectivity index (χ0n) is 46.8. The van der Waals surface area contributed by atoms with Crippen LogP contribution in [0.25, 0.3) is 53.6 Å². The van der Waals surface area contributed by atoms with E-state index in [4.69, 9.17) is 0 Å². The Hall–Kier alpha value is -8.12. The molecule has 0 aliphatic carbocycles. The maximum atomic E-state index is 4.07. The summed E-state index contributed by atoms with van der Waals surface area (Å²) in [5, 5.41) is 6.66. The molecule has 3 nitrogen and oxygen atoms in total. The van der Waals surface area contributed by atoms with Crippen molar-refractivity contribution in [3.63, 3.8) is 0 Å². The molecular formula is C73H68BN3S. The van der Waals surface area contributed by atoms with E-state index in [0.717, 1.165) is 41.3 Å². The van der Waals surface area contributed by atoms with E-state index in [1.807, 2.05) is 11.3 Å². The summed E-state index contributed by atoms with van der Waals surface area (Å²) in [7, 11) is 0.760. The molecule has 2 heterocycles. The molecule has 0 unspecified atom stereocenters. The molecule has 12 rings (SSSR count). The first-order chi connectivity index (χ1) is 37.5. The lowest BCUT2D eigenvalue weighted by Gasteiger charge is -2.37. The Bertz CT molecular complexity index is 3950. The molecular weight excluding hydrogens is 962 g/mol. The highest BCUT2D eigenvalue weighted by molar-refractivity contribution is 7.26. The first-order valence-corrected chi connectivity index (χ1v) is 28.4. The standard InChI is InChI=1S/C73H68BN3S/c1-47-43-54(73(8,9)10)32-42-64(47)77-65-41-27-51(49-21-15-12-16-22-49)44-62(65)74-69-61(46-67-68(70(69)77)60-23-17-18-24-66(60)78-67)59-40-39-58(45-63(59)75-55-33-25-50(26-34-55)48-19-13-11-14-20-48)76(56-35-28-52(29-36-56)71(2,3)4)57-37-30-53(31-38-57)72(5,6)7/h11-46,74-75H,1-10H3. The topological polar surface area (TPSA) is 18.5 Å². The molecule has 0 fully saturated rings. The molecule has 1 aliphatic rings. The van der Waals surface area contributed by atoms with Crippen molar-refractivity contribution < 1.29 is 0 Å². The fraction of sp³-hybridized carbons (Fsp3) is 0.178. The number of rotatable bonds is 9. The summed E-state index contributed by atoms with van der Waals surface area (Å²) in [4.78, 5) is 5.04. The van der Waals surface area contributed by atoms with Crippen molar-refractivity contribution in [2.45, 2.75) is 85.5 Å². The van der Waals surface area contributed by atoms with E-state index in [-0.39, 0.29) is 16.2 Å². The first-order valence-electron chi connectivity index (χ1n) is 27.6. The van der Waals surface area contributed by atoms with Crippen LogP contribution in [-0.2, 0) is 16.2 Å². The SMILES string of the molecule is Cc1cc(C(C)(C)C)ccc1N1c2ccc(-c3ccccc3)cc2Bc2c(-c3ccc(N(c4ccc(C(C)(C)C)cc4)c4ccc(C(C)(C)C)cc4)cc3Nc3ccc(-c4ccccc4)cc3)cc3sc4ccccc4c3c21. The second-order valence-corrected chi connectivity index (χ2v) is 25.5. The first kappa shape index (κ1) is 50.7. The van der Waals surface area contributed by atoms with Gasteiger partial charge in [-0.15, -0.1) is 11.3 Å². The molecule has 0 spiro atoms. The molecule has 0 saturated carbocycles. The Morgan fingerprint density at radius 2 is 0.962 bits per heavy atom. The van der Waals surface area contributed by atoms with Gasteiger partial charge in [0.2, 0.25) is 0 Å². The predicted octanol–water partition coefficient (Wildman–Crippen LogP) is 19.6. The summed E-state index contributed by atoms with van der Waals surface area (Å²) in [6, 6.07) is 81.7. The van der Waals surface area contributed by atoms with Crippen molar-refractivity contribution in [2.24, 2.45) is 0 Å². The van der Waals surface area contributed by atoms with Crippen molar-refractivity contribution >= 4 is 95.2 Å². The number of benzene rings is 10. The summed E-state index contributed by atoms with van der Waals surface area (Å²) in [5.74, 6) is 0. The van der Waals surface area contributed by atoms with Crippen molar-refractivity contribution in [3.8, 4) is 33.4 Å². The molecule has 384 valence electrons. The quantitative estimate of drug-likeness (QED) is 0.145. The largest absolute Gasteiger partial charge is 0.355 e. The van der Waals surface area contributed by atoms with Gasteiger partial charge in [0.25, 0.3) is 0 Å². The zero-order valence-corrected chi connectivity index (χ0v) is 47.6. The van der Waals surface area contributed by atoms with E-state index in [0.29, 0.717) is 0 Å². The Morgan fingerprint density at radius 1 is 0.436 bits per heavy atom. The van der Waals surface area contributed by atoms with Crippen LogP contribution in [0.5, 0.6) is 0 Å². The Kier molecular flexibility index (Phi) is 12.8. The number of hydrogen-bond donors (Lipinski definition) is 1. The van der Waals surface area contributed by atoms with Crippen LogP contribution in [0.4, 0.5) is 45.5 Å². The molecule has 1 aliphatic heterocycles. The predicted molar refractivity (Wildman–Crippen MR) is 342 cm³/mol. The second-order valence-electron chi connectivity index (χ2n) is 24.4. The average Bonchev–Trinajstić information content (AvgIpc) is 4.03. The Labute approximate surface area is 467 Å². The van der Waals surface area contributed by atoms with Gasteiger partial charge in [-0.1, -0.05) is 213 Å². The van der Waals surface area contributed by atoms with Crippen LogP contribution < -0.4 is 26.0 Å². The van der Waals surface area contributed by atoms with Crippen molar-refractivity contribution in [1.82, 2.24) is 0 Å². The summed E-state index contributed by atoms with van der Waals surface area (Å²) < 4.78 is 2.56. The third kappa shape index (κ3) is 9.60. The molecule has 11 aromatic rings. The normalized spacial score (nSPS) is 12.6. The van der Waals surface area contributed by atoms with E-state index >= 15 is 0 Å². The minimum absolute atomic E-state index is 0.00828. The number of thiophene rings is 1. The molecule has 0 radical (unpaired) electrons. The van der Waals surface area contributed by atoms with Gasteiger partial charge in [0.05, 0.1) is 5.69 Å². The summed E-state index contributed by atoms with van der Waals surface area (Å²) in [6.07, 6.45) is 0. The number of nitrogens with zero attached hydrogens (tertiary/aromatic N) is 2. The molecule has 1 aromatic heterocycles. The van der Waals surface area contributed by atoms with Crippen LogP contribution in [0, 0.1) is 6.92 Å².